The van der Waals surface area contributed by atoms with Gasteiger partial charge in [-0.15, -0.1) is 0 Å². The minimum Gasteiger partial charge on any atom is -0.508 e. The third-order valence-electron chi connectivity index (χ3n) is 5.09. The quantitative estimate of drug-likeness (QED) is 0.875. The Morgan fingerprint density at radius 3 is 2.77 bits per heavy atom. The standard InChI is InChI=1S/C21H23F2NO2/c1-14-11-17(7-9-20(14)25)21(26)24-10-2-3-15(13-24)4-5-16-6-8-18(22)12-19(16)23/h6-9,11-12,15,25H,2-5,10,13H2,1H3. The molecule has 1 fully saturated rings. The molecule has 1 N–H and O–H groups in total. The van der Waals surface area contributed by atoms with E-state index >= 15 is 0 Å². The van der Waals surface area contributed by atoms with E-state index in [1.807, 2.05) is 4.90 Å². The molecule has 1 aliphatic heterocycles. The lowest BCUT2D eigenvalue weighted by Gasteiger charge is -2.33. The number of nitrogens with zero attached hydrogens (tertiary/aromatic N) is 1. The predicted octanol–water partition coefficient (Wildman–Crippen LogP) is 4.46. The number of amides is 1. The van der Waals surface area contributed by atoms with Crippen molar-refractivity contribution in [3.8, 4) is 5.75 Å². The maximum atomic E-state index is 13.8. The van der Waals surface area contributed by atoms with Crippen molar-refractivity contribution in [1.82, 2.24) is 4.90 Å². The van der Waals surface area contributed by atoms with E-state index in [2.05, 4.69) is 0 Å². The first-order chi connectivity index (χ1) is 12.4. The number of aromatic hydroxyl groups is 1. The number of halogens is 2. The molecule has 138 valence electrons. The Bertz CT molecular complexity index is 807. The summed E-state index contributed by atoms with van der Waals surface area (Å²) in [6.45, 7) is 3.12. The lowest BCUT2D eigenvalue weighted by molar-refractivity contribution is 0.0668. The highest BCUT2D eigenvalue weighted by Gasteiger charge is 2.25. The Kier molecular flexibility index (Phi) is 5.55. The van der Waals surface area contributed by atoms with Crippen LogP contribution in [0.2, 0.25) is 0 Å². The van der Waals surface area contributed by atoms with E-state index in [9.17, 15) is 18.7 Å². The molecule has 0 saturated carbocycles. The third kappa shape index (κ3) is 4.21. The summed E-state index contributed by atoms with van der Waals surface area (Å²) in [5, 5.41) is 9.62. The van der Waals surface area contributed by atoms with Crippen LogP contribution in [0.3, 0.4) is 0 Å². The molecule has 1 unspecified atom stereocenters. The Hall–Kier alpha value is -2.43. The molecule has 3 nitrogen and oxygen atoms in total. The molecule has 0 aliphatic carbocycles. The Morgan fingerprint density at radius 2 is 2.04 bits per heavy atom. The molecule has 3 rings (SSSR count). The molecule has 26 heavy (non-hydrogen) atoms. The maximum Gasteiger partial charge on any atom is 0.253 e. The summed E-state index contributed by atoms with van der Waals surface area (Å²) in [6, 6.07) is 8.58. The van der Waals surface area contributed by atoms with Gasteiger partial charge in [0.15, 0.2) is 0 Å². The molecular formula is C21H23F2NO2. The molecule has 1 amide bonds. The van der Waals surface area contributed by atoms with Gasteiger partial charge in [-0.3, -0.25) is 4.79 Å². The van der Waals surface area contributed by atoms with Crippen molar-refractivity contribution in [3.63, 3.8) is 0 Å². The molecule has 0 bridgehead atoms. The number of hydrogen-bond acceptors (Lipinski definition) is 2. The highest BCUT2D eigenvalue weighted by atomic mass is 19.1. The Labute approximate surface area is 152 Å². The SMILES string of the molecule is Cc1cc(C(=O)N2CCCC(CCc3ccc(F)cc3F)C2)ccc1O. The molecule has 1 atom stereocenters. The second kappa shape index (κ2) is 7.85. The molecule has 0 spiro atoms. The molecule has 5 heteroatoms. The second-order valence-electron chi connectivity index (χ2n) is 7.04. The van der Waals surface area contributed by atoms with Gasteiger partial charge in [0.1, 0.15) is 17.4 Å². The molecule has 1 aliphatic rings. The summed E-state index contributed by atoms with van der Waals surface area (Å²) in [6.07, 6.45) is 3.22. The summed E-state index contributed by atoms with van der Waals surface area (Å²) in [5.74, 6) is -0.626. The Balaban J connectivity index is 1.61. The average Bonchev–Trinajstić information content (AvgIpc) is 2.63. The first-order valence-corrected chi connectivity index (χ1v) is 8.97. The third-order valence-corrected chi connectivity index (χ3v) is 5.09. The van der Waals surface area contributed by atoms with Gasteiger partial charge in [0, 0.05) is 24.7 Å². The monoisotopic (exact) mass is 359 g/mol. The predicted molar refractivity (Wildman–Crippen MR) is 96.2 cm³/mol. The zero-order valence-corrected chi connectivity index (χ0v) is 14.8. The summed E-state index contributed by atoms with van der Waals surface area (Å²) in [4.78, 5) is 14.6. The van der Waals surface area contributed by atoms with Gasteiger partial charge in [-0.1, -0.05) is 6.07 Å². The molecule has 1 heterocycles. The number of carbonyl (C=O) groups is 1. The molecule has 1 saturated heterocycles. The number of piperidine rings is 1. The van der Waals surface area contributed by atoms with Gasteiger partial charge >= 0.3 is 0 Å². The van der Waals surface area contributed by atoms with E-state index in [0.717, 1.165) is 25.3 Å². The van der Waals surface area contributed by atoms with Crippen LogP contribution in [0.15, 0.2) is 36.4 Å². The van der Waals surface area contributed by atoms with E-state index in [1.165, 1.54) is 12.1 Å². The fourth-order valence-corrected chi connectivity index (χ4v) is 3.54. The van der Waals surface area contributed by atoms with Gasteiger partial charge < -0.3 is 10.0 Å². The van der Waals surface area contributed by atoms with Gasteiger partial charge in [-0.25, -0.2) is 8.78 Å². The fraction of sp³-hybridized carbons (Fsp3) is 0.381. The number of likely N-dealkylation sites (tertiary alicyclic amines) is 1. The molecule has 0 radical (unpaired) electrons. The van der Waals surface area contributed by atoms with Crippen LogP contribution >= 0.6 is 0 Å². The Morgan fingerprint density at radius 1 is 1.23 bits per heavy atom. The van der Waals surface area contributed by atoms with Crippen molar-refractivity contribution in [3.05, 3.63) is 64.7 Å². The van der Waals surface area contributed by atoms with Crippen molar-refractivity contribution in [1.29, 1.82) is 0 Å². The number of rotatable bonds is 4. The second-order valence-corrected chi connectivity index (χ2v) is 7.04. The van der Waals surface area contributed by atoms with Crippen LogP contribution in [0, 0.1) is 24.5 Å². The minimum absolute atomic E-state index is 0.0363. The van der Waals surface area contributed by atoms with Gasteiger partial charge in [-0.05, 0) is 73.9 Å². The first kappa shape index (κ1) is 18.4. The van der Waals surface area contributed by atoms with E-state index < -0.39 is 11.6 Å². The van der Waals surface area contributed by atoms with E-state index in [4.69, 9.17) is 0 Å². The zero-order chi connectivity index (χ0) is 18.7. The number of phenolic OH excluding ortho intramolecular Hbond substituents is 1. The maximum absolute atomic E-state index is 13.8. The molecular weight excluding hydrogens is 336 g/mol. The largest absolute Gasteiger partial charge is 0.508 e. The smallest absolute Gasteiger partial charge is 0.253 e. The molecule has 0 aromatic heterocycles. The van der Waals surface area contributed by atoms with Gasteiger partial charge in [0.25, 0.3) is 5.91 Å². The summed E-state index contributed by atoms with van der Waals surface area (Å²) < 4.78 is 26.8. The zero-order valence-electron chi connectivity index (χ0n) is 14.8. The fourth-order valence-electron chi connectivity index (χ4n) is 3.54. The molecule has 2 aromatic rings. The minimum atomic E-state index is -0.565. The number of benzene rings is 2. The highest BCUT2D eigenvalue weighted by molar-refractivity contribution is 5.94. The van der Waals surface area contributed by atoms with Gasteiger partial charge in [-0.2, -0.15) is 0 Å². The van der Waals surface area contributed by atoms with Crippen molar-refractivity contribution < 1.29 is 18.7 Å². The highest BCUT2D eigenvalue weighted by Crippen LogP contribution is 2.25. The van der Waals surface area contributed by atoms with E-state index in [0.29, 0.717) is 42.1 Å². The topological polar surface area (TPSA) is 40.5 Å². The lowest BCUT2D eigenvalue weighted by Crippen LogP contribution is -2.40. The van der Waals surface area contributed by atoms with Crippen molar-refractivity contribution in [2.45, 2.75) is 32.6 Å². The van der Waals surface area contributed by atoms with Crippen LogP contribution in [0.1, 0.15) is 40.7 Å². The number of aryl methyl sites for hydroxylation is 2. The van der Waals surface area contributed by atoms with Crippen molar-refractivity contribution in [2.24, 2.45) is 5.92 Å². The first-order valence-electron chi connectivity index (χ1n) is 8.97. The van der Waals surface area contributed by atoms with Crippen LogP contribution in [0.5, 0.6) is 5.75 Å². The van der Waals surface area contributed by atoms with Gasteiger partial charge in [0.05, 0.1) is 0 Å². The average molecular weight is 359 g/mol. The number of phenols is 1. The van der Waals surface area contributed by atoms with Crippen LogP contribution < -0.4 is 0 Å². The van der Waals surface area contributed by atoms with Crippen LogP contribution in [-0.4, -0.2) is 29.0 Å². The van der Waals surface area contributed by atoms with E-state index in [-0.39, 0.29) is 11.7 Å². The number of carbonyl (C=O) groups excluding carboxylic acids is 1. The van der Waals surface area contributed by atoms with Gasteiger partial charge in [0.2, 0.25) is 0 Å². The summed E-state index contributed by atoms with van der Waals surface area (Å²) >= 11 is 0. The van der Waals surface area contributed by atoms with Crippen molar-refractivity contribution in [2.75, 3.05) is 13.1 Å². The normalized spacial score (nSPS) is 17.3. The van der Waals surface area contributed by atoms with E-state index in [1.54, 1.807) is 25.1 Å². The molecule has 2 aromatic carbocycles. The van der Waals surface area contributed by atoms with Crippen LogP contribution in [-0.2, 0) is 6.42 Å². The summed E-state index contributed by atoms with van der Waals surface area (Å²) in [5.41, 5.74) is 1.77. The van der Waals surface area contributed by atoms with Crippen molar-refractivity contribution >= 4 is 5.91 Å². The van der Waals surface area contributed by atoms with Crippen LogP contribution in [0.25, 0.3) is 0 Å². The summed E-state index contributed by atoms with van der Waals surface area (Å²) in [7, 11) is 0. The van der Waals surface area contributed by atoms with Crippen LogP contribution in [0.4, 0.5) is 8.78 Å². The lowest BCUT2D eigenvalue weighted by atomic mass is 9.91. The number of hydrogen-bond donors (Lipinski definition) is 1.